The highest BCUT2D eigenvalue weighted by Crippen LogP contribution is 2.40. The molecule has 1 spiro atoms. The number of rotatable bonds is 2. The lowest BCUT2D eigenvalue weighted by molar-refractivity contribution is -0.0698. The summed E-state index contributed by atoms with van der Waals surface area (Å²) in [4.78, 5) is 14.7. The Morgan fingerprint density at radius 3 is 2.65 bits per heavy atom. The third-order valence-corrected chi connectivity index (χ3v) is 4.95. The van der Waals surface area contributed by atoms with Crippen molar-refractivity contribution in [2.24, 2.45) is 0 Å². The van der Waals surface area contributed by atoms with E-state index < -0.39 is 0 Å². The summed E-state index contributed by atoms with van der Waals surface area (Å²) >= 11 is 0. The second-order valence-corrected chi connectivity index (χ2v) is 6.14. The van der Waals surface area contributed by atoms with E-state index in [1.54, 1.807) is 30.5 Å². The van der Waals surface area contributed by atoms with Crippen molar-refractivity contribution in [2.45, 2.75) is 24.8 Å². The number of benzene rings is 1. The van der Waals surface area contributed by atoms with E-state index in [0.717, 1.165) is 25.8 Å². The van der Waals surface area contributed by atoms with Crippen molar-refractivity contribution in [3.63, 3.8) is 0 Å². The van der Waals surface area contributed by atoms with E-state index in [-0.39, 0.29) is 17.3 Å². The van der Waals surface area contributed by atoms with Crippen LogP contribution < -0.4 is 0 Å². The Kier molecular flexibility index (Phi) is 3.41. The number of likely N-dealkylation sites (tertiary alicyclic amines) is 1. The largest absolute Gasteiger partial charge is 0.381 e. The number of hydrogen-bond acceptors (Lipinski definition) is 3. The zero-order chi connectivity index (χ0) is 15.9. The van der Waals surface area contributed by atoms with Crippen LogP contribution in [-0.2, 0) is 4.74 Å². The molecule has 2 aliphatic heterocycles. The SMILES string of the molecule is O=C(c1ccn(-c2ccccc2F)n1)N1CCC12CCOCC2. The average molecular weight is 315 g/mol. The van der Waals surface area contributed by atoms with Gasteiger partial charge in [-0.05, 0) is 37.5 Å². The molecule has 120 valence electrons. The van der Waals surface area contributed by atoms with E-state index in [2.05, 4.69) is 5.10 Å². The molecule has 5 nitrogen and oxygen atoms in total. The molecule has 0 atom stereocenters. The molecular formula is C17H18FN3O2. The fraction of sp³-hybridized carbons (Fsp3) is 0.412. The first-order valence-corrected chi connectivity index (χ1v) is 7.90. The Bertz CT molecular complexity index is 737. The third-order valence-electron chi connectivity index (χ3n) is 4.95. The molecule has 0 unspecified atom stereocenters. The van der Waals surface area contributed by atoms with Gasteiger partial charge in [0.1, 0.15) is 11.5 Å². The highest BCUT2D eigenvalue weighted by molar-refractivity contribution is 5.93. The summed E-state index contributed by atoms with van der Waals surface area (Å²) in [7, 11) is 0. The quantitative estimate of drug-likeness (QED) is 0.855. The minimum atomic E-state index is -0.362. The van der Waals surface area contributed by atoms with Gasteiger partial charge in [-0.1, -0.05) is 12.1 Å². The summed E-state index contributed by atoms with van der Waals surface area (Å²) in [6, 6.07) is 8.04. The minimum absolute atomic E-state index is 0.0584. The molecule has 1 aromatic heterocycles. The predicted molar refractivity (Wildman–Crippen MR) is 82.0 cm³/mol. The first kappa shape index (κ1) is 14.4. The van der Waals surface area contributed by atoms with Gasteiger partial charge < -0.3 is 9.64 Å². The molecule has 0 N–H and O–H groups in total. The van der Waals surface area contributed by atoms with Gasteiger partial charge in [-0.2, -0.15) is 5.10 Å². The Morgan fingerprint density at radius 1 is 1.17 bits per heavy atom. The fourth-order valence-electron chi connectivity index (χ4n) is 3.48. The molecule has 2 aliphatic rings. The standard InChI is InChI=1S/C17H18FN3O2/c18-13-3-1-2-4-15(13)21-9-5-14(19-21)16(22)20-10-6-17(20)7-11-23-12-8-17/h1-5,9H,6-8,10-12H2. The summed E-state index contributed by atoms with van der Waals surface area (Å²) in [6.45, 7) is 2.16. The van der Waals surface area contributed by atoms with E-state index in [0.29, 0.717) is 24.6 Å². The Hall–Kier alpha value is -2.21. The van der Waals surface area contributed by atoms with E-state index in [1.807, 2.05) is 4.90 Å². The van der Waals surface area contributed by atoms with Gasteiger partial charge in [-0.25, -0.2) is 9.07 Å². The van der Waals surface area contributed by atoms with Crippen LogP contribution in [0.1, 0.15) is 29.8 Å². The van der Waals surface area contributed by atoms with E-state index in [9.17, 15) is 9.18 Å². The van der Waals surface area contributed by atoms with Gasteiger partial charge in [0.2, 0.25) is 0 Å². The van der Waals surface area contributed by atoms with Crippen LogP contribution in [0, 0.1) is 5.82 Å². The van der Waals surface area contributed by atoms with Gasteiger partial charge in [-0.3, -0.25) is 4.79 Å². The van der Waals surface area contributed by atoms with Crippen LogP contribution in [0.25, 0.3) is 5.69 Å². The van der Waals surface area contributed by atoms with Crippen molar-refractivity contribution in [3.8, 4) is 5.69 Å². The Labute approximate surface area is 133 Å². The molecule has 4 rings (SSSR count). The Morgan fingerprint density at radius 2 is 1.96 bits per heavy atom. The number of carbonyl (C=O) groups excluding carboxylic acids is 1. The van der Waals surface area contributed by atoms with Crippen molar-refractivity contribution in [2.75, 3.05) is 19.8 Å². The number of aromatic nitrogens is 2. The topological polar surface area (TPSA) is 47.4 Å². The maximum absolute atomic E-state index is 13.8. The minimum Gasteiger partial charge on any atom is -0.381 e. The highest BCUT2D eigenvalue weighted by atomic mass is 19.1. The molecule has 6 heteroatoms. The fourth-order valence-corrected chi connectivity index (χ4v) is 3.48. The first-order chi connectivity index (χ1) is 11.2. The van der Waals surface area contributed by atoms with Crippen molar-refractivity contribution in [3.05, 3.63) is 48.0 Å². The zero-order valence-electron chi connectivity index (χ0n) is 12.7. The van der Waals surface area contributed by atoms with Crippen LogP contribution in [0.3, 0.4) is 0 Å². The normalized spacial score (nSPS) is 19.6. The molecular weight excluding hydrogens is 297 g/mol. The zero-order valence-corrected chi connectivity index (χ0v) is 12.7. The number of halogens is 1. The maximum atomic E-state index is 13.8. The van der Waals surface area contributed by atoms with Crippen molar-refractivity contribution >= 4 is 5.91 Å². The van der Waals surface area contributed by atoms with Crippen LogP contribution in [0.5, 0.6) is 0 Å². The first-order valence-electron chi connectivity index (χ1n) is 7.90. The summed E-state index contributed by atoms with van der Waals surface area (Å²) < 4.78 is 20.7. The van der Waals surface area contributed by atoms with Crippen LogP contribution in [0.2, 0.25) is 0 Å². The molecule has 0 aliphatic carbocycles. The van der Waals surface area contributed by atoms with Crippen LogP contribution in [0.4, 0.5) is 4.39 Å². The predicted octanol–water partition coefficient (Wildman–Crippen LogP) is 2.41. The van der Waals surface area contributed by atoms with Crippen LogP contribution >= 0.6 is 0 Å². The number of hydrogen-bond donors (Lipinski definition) is 0. The van der Waals surface area contributed by atoms with E-state index in [1.165, 1.54) is 10.7 Å². The number of ether oxygens (including phenoxy) is 1. The summed E-state index contributed by atoms with van der Waals surface area (Å²) in [6.07, 6.45) is 4.41. The lowest BCUT2D eigenvalue weighted by atomic mass is 9.77. The van der Waals surface area contributed by atoms with Crippen molar-refractivity contribution in [1.82, 2.24) is 14.7 Å². The second-order valence-electron chi connectivity index (χ2n) is 6.14. The summed E-state index contributed by atoms with van der Waals surface area (Å²) in [5, 5.41) is 4.28. The van der Waals surface area contributed by atoms with Gasteiger partial charge in [0, 0.05) is 31.5 Å². The number of carbonyl (C=O) groups is 1. The van der Waals surface area contributed by atoms with Gasteiger partial charge >= 0.3 is 0 Å². The van der Waals surface area contributed by atoms with Crippen molar-refractivity contribution < 1.29 is 13.9 Å². The molecule has 1 aromatic carbocycles. The van der Waals surface area contributed by atoms with Crippen molar-refractivity contribution in [1.29, 1.82) is 0 Å². The van der Waals surface area contributed by atoms with Crippen LogP contribution in [0.15, 0.2) is 36.5 Å². The lowest BCUT2D eigenvalue weighted by Crippen LogP contribution is -2.64. The van der Waals surface area contributed by atoms with Gasteiger partial charge in [0.25, 0.3) is 5.91 Å². The number of para-hydroxylation sites is 1. The molecule has 1 amide bonds. The third kappa shape index (κ3) is 2.34. The molecule has 3 heterocycles. The lowest BCUT2D eigenvalue weighted by Gasteiger charge is -2.54. The Balaban J connectivity index is 1.57. The smallest absolute Gasteiger partial charge is 0.274 e. The molecule has 0 radical (unpaired) electrons. The summed E-state index contributed by atoms with van der Waals surface area (Å²) in [5.41, 5.74) is 0.645. The molecule has 2 aromatic rings. The second kappa shape index (κ2) is 5.45. The maximum Gasteiger partial charge on any atom is 0.274 e. The molecule has 2 fully saturated rings. The monoisotopic (exact) mass is 315 g/mol. The average Bonchev–Trinajstić information content (AvgIpc) is 3.05. The summed E-state index contributed by atoms with van der Waals surface area (Å²) in [5.74, 6) is -0.437. The molecule has 0 bridgehead atoms. The van der Waals surface area contributed by atoms with E-state index >= 15 is 0 Å². The van der Waals surface area contributed by atoms with Crippen LogP contribution in [-0.4, -0.2) is 45.9 Å². The number of amides is 1. The molecule has 23 heavy (non-hydrogen) atoms. The van der Waals surface area contributed by atoms with E-state index in [4.69, 9.17) is 4.74 Å². The van der Waals surface area contributed by atoms with Gasteiger partial charge in [0.05, 0.1) is 0 Å². The van der Waals surface area contributed by atoms with Gasteiger partial charge in [0.15, 0.2) is 5.69 Å². The number of nitrogens with zero attached hydrogens (tertiary/aromatic N) is 3. The van der Waals surface area contributed by atoms with Gasteiger partial charge in [-0.15, -0.1) is 0 Å². The molecule has 2 saturated heterocycles. The highest BCUT2D eigenvalue weighted by Gasteiger charge is 2.48. The molecule has 0 saturated carbocycles.